The first-order chi connectivity index (χ1) is 9.23. The molecule has 0 N–H and O–H groups in total. The van der Waals surface area contributed by atoms with E-state index in [2.05, 4.69) is 0 Å². The van der Waals surface area contributed by atoms with E-state index in [1.807, 2.05) is 0 Å². The van der Waals surface area contributed by atoms with Gasteiger partial charge < -0.3 is 0 Å². The molecule has 0 aromatic heterocycles. The quantitative estimate of drug-likeness (QED) is 0.572. The van der Waals surface area contributed by atoms with Crippen LogP contribution in [0.5, 0.6) is 0 Å². The molecule has 0 unspecified atom stereocenters. The third-order valence-electron chi connectivity index (χ3n) is 2.24. The molecule has 0 spiro atoms. The molecule has 0 aliphatic heterocycles. The van der Waals surface area contributed by atoms with Crippen molar-refractivity contribution >= 4 is 20.2 Å². The highest BCUT2D eigenvalue weighted by molar-refractivity contribution is 7.89. The van der Waals surface area contributed by atoms with Gasteiger partial charge >= 0.3 is 10.2 Å². The van der Waals surface area contributed by atoms with E-state index in [0.717, 1.165) is 24.3 Å². The fourth-order valence-corrected chi connectivity index (χ4v) is 3.00. The lowest BCUT2D eigenvalue weighted by Gasteiger charge is -2.15. The van der Waals surface area contributed by atoms with Crippen molar-refractivity contribution < 1.29 is 20.7 Å². The van der Waals surface area contributed by atoms with Gasteiger partial charge in [-0.1, -0.05) is 0 Å². The monoisotopic (exact) mass is 317 g/mol. The Labute approximate surface area is 115 Å². The van der Waals surface area contributed by atoms with Crippen LogP contribution >= 0.6 is 0 Å². The van der Waals surface area contributed by atoms with E-state index >= 15 is 0 Å². The van der Waals surface area contributed by atoms with E-state index in [0.29, 0.717) is 4.31 Å². The van der Waals surface area contributed by atoms with Crippen LogP contribution < -0.4 is 0 Å². The second-order valence-electron chi connectivity index (χ2n) is 3.50. The number of nitrogens with zero attached hydrogens (tertiary/aromatic N) is 3. The molecule has 0 heterocycles. The standard InChI is InChI=1S/C10H8FN3O4S2/c11-19(15,16)9-1-3-10(4-2-9)20(17,18)14(7-5-12)8-6-13/h1-4H,7-8H2. The number of nitriles is 2. The lowest BCUT2D eigenvalue weighted by Crippen LogP contribution is -2.31. The minimum absolute atomic E-state index is 0.338. The van der Waals surface area contributed by atoms with Crippen molar-refractivity contribution in [2.24, 2.45) is 0 Å². The second-order valence-corrected chi connectivity index (χ2v) is 6.78. The third kappa shape index (κ3) is 3.51. The maximum Gasteiger partial charge on any atom is 0.332 e. The van der Waals surface area contributed by atoms with Gasteiger partial charge in [-0.2, -0.15) is 23.2 Å². The van der Waals surface area contributed by atoms with Crippen LogP contribution in [0.1, 0.15) is 0 Å². The van der Waals surface area contributed by atoms with Crippen LogP contribution in [0, 0.1) is 22.7 Å². The first-order valence-electron chi connectivity index (χ1n) is 5.02. The molecule has 0 atom stereocenters. The van der Waals surface area contributed by atoms with Crippen LogP contribution in [0.25, 0.3) is 0 Å². The smallest absolute Gasteiger partial charge is 0.207 e. The highest BCUT2D eigenvalue weighted by atomic mass is 32.3. The first kappa shape index (κ1) is 16.0. The van der Waals surface area contributed by atoms with Gasteiger partial charge in [-0.05, 0) is 24.3 Å². The van der Waals surface area contributed by atoms with Crippen molar-refractivity contribution in [3.05, 3.63) is 24.3 Å². The predicted octanol–water partition coefficient (Wildman–Crippen LogP) is 0.383. The largest absolute Gasteiger partial charge is 0.332 e. The lowest BCUT2D eigenvalue weighted by molar-refractivity contribution is 0.479. The topological polar surface area (TPSA) is 119 Å². The van der Waals surface area contributed by atoms with Gasteiger partial charge in [-0.15, -0.1) is 3.89 Å². The van der Waals surface area contributed by atoms with Crippen LogP contribution in [0.4, 0.5) is 3.89 Å². The number of sulfonamides is 1. The molecule has 0 saturated carbocycles. The molecule has 20 heavy (non-hydrogen) atoms. The molecule has 0 saturated heterocycles. The summed E-state index contributed by atoms with van der Waals surface area (Å²) in [5, 5.41) is 17.1. The Bertz CT molecular complexity index is 757. The third-order valence-corrected chi connectivity index (χ3v) is 4.88. The van der Waals surface area contributed by atoms with Crippen molar-refractivity contribution in [3.63, 3.8) is 0 Å². The summed E-state index contributed by atoms with van der Waals surface area (Å²) >= 11 is 0. The van der Waals surface area contributed by atoms with Crippen LogP contribution in [-0.2, 0) is 20.2 Å². The highest BCUT2D eigenvalue weighted by Gasteiger charge is 2.24. The molecular weight excluding hydrogens is 309 g/mol. The fourth-order valence-electron chi connectivity index (χ4n) is 1.31. The first-order valence-corrected chi connectivity index (χ1v) is 7.84. The Morgan fingerprint density at radius 1 is 0.950 bits per heavy atom. The summed E-state index contributed by atoms with van der Waals surface area (Å²) in [6.45, 7) is -1.06. The maximum atomic E-state index is 12.7. The fraction of sp³-hybridized carbons (Fsp3) is 0.200. The van der Waals surface area contributed by atoms with E-state index in [-0.39, 0.29) is 4.90 Å². The second kappa shape index (κ2) is 5.96. The van der Waals surface area contributed by atoms with Crippen LogP contribution in [0.15, 0.2) is 34.1 Å². The molecular formula is C10H8FN3O4S2. The summed E-state index contributed by atoms with van der Waals surface area (Å²) in [4.78, 5) is -1.01. The average molecular weight is 317 g/mol. The molecule has 106 valence electrons. The van der Waals surface area contributed by atoms with Gasteiger partial charge in [-0.25, -0.2) is 8.42 Å². The minimum atomic E-state index is -4.92. The van der Waals surface area contributed by atoms with E-state index in [4.69, 9.17) is 10.5 Å². The number of hydrogen-bond donors (Lipinski definition) is 0. The predicted molar refractivity (Wildman–Crippen MR) is 64.7 cm³/mol. The number of halogens is 1. The van der Waals surface area contributed by atoms with E-state index in [1.165, 1.54) is 0 Å². The average Bonchev–Trinajstić information content (AvgIpc) is 2.37. The molecule has 0 radical (unpaired) electrons. The van der Waals surface area contributed by atoms with Gasteiger partial charge in [0.15, 0.2) is 0 Å². The highest BCUT2D eigenvalue weighted by Crippen LogP contribution is 2.19. The van der Waals surface area contributed by atoms with E-state index < -0.39 is 38.2 Å². The van der Waals surface area contributed by atoms with Gasteiger partial charge in [0.1, 0.15) is 13.1 Å². The molecule has 1 aromatic rings. The Hall–Kier alpha value is -2.01. The Kier molecular flexibility index (Phi) is 4.78. The number of rotatable bonds is 5. The van der Waals surface area contributed by atoms with Crippen molar-refractivity contribution in [1.29, 1.82) is 10.5 Å². The van der Waals surface area contributed by atoms with Gasteiger partial charge in [0.25, 0.3) is 0 Å². The van der Waals surface area contributed by atoms with Gasteiger partial charge in [0, 0.05) is 0 Å². The molecule has 0 aliphatic rings. The summed E-state index contributed by atoms with van der Waals surface area (Å²) in [5.74, 6) is 0. The summed E-state index contributed by atoms with van der Waals surface area (Å²) in [5.41, 5.74) is 0. The molecule has 7 nitrogen and oxygen atoms in total. The zero-order valence-electron chi connectivity index (χ0n) is 9.89. The Morgan fingerprint density at radius 2 is 1.35 bits per heavy atom. The number of benzene rings is 1. The van der Waals surface area contributed by atoms with Crippen molar-refractivity contribution in [2.75, 3.05) is 13.1 Å². The van der Waals surface area contributed by atoms with Crippen LogP contribution in [-0.4, -0.2) is 34.2 Å². The number of hydrogen-bond acceptors (Lipinski definition) is 6. The van der Waals surface area contributed by atoms with Gasteiger partial charge in [-0.3, -0.25) is 0 Å². The molecule has 0 bridgehead atoms. The molecule has 1 aromatic carbocycles. The molecule has 10 heteroatoms. The van der Waals surface area contributed by atoms with Gasteiger partial charge in [0.05, 0.1) is 21.9 Å². The minimum Gasteiger partial charge on any atom is -0.207 e. The van der Waals surface area contributed by atoms with Gasteiger partial charge in [0.2, 0.25) is 10.0 Å². The molecule has 1 rings (SSSR count). The zero-order chi connectivity index (χ0) is 15.4. The summed E-state index contributed by atoms with van der Waals surface area (Å²) in [6, 6.07) is 6.57. The van der Waals surface area contributed by atoms with Crippen molar-refractivity contribution in [3.8, 4) is 12.1 Å². The van der Waals surface area contributed by atoms with E-state index in [9.17, 15) is 20.7 Å². The zero-order valence-corrected chi connectivity index (χ0v) is 11.5. The van der Waals surface area contributed by atoms with Crippen molar-refractivity contribution in [1.82, 2.24) is 4.31 Å². The van der Waals surface area contributed by atoms with Crippen LogP contribution in [0.3, 0.4) is 0 Å². The Morgan fingerprint density at radius 3 is 1.70 bits per heavy atom. The summed E-state index contributed by atoms with van der Waals surface area (Å²) in [7, 11) is -9.04. The summed E-state index contributed by atoms with van der Waals surface area (Å²) in [6.07, 6.45) is 0. The molecule has 0 amide bonds. The van der Waals surface area contributed by atoms with Crippen molar-refractivity contribution in [2.45, 2.75) is 9.79 Å². The van der Waals surface area contributed by atoms with E-state index in [1.54, 1.807) is 12.1 Å². The summed E-state index contributed by atoms with van der Waals surface area (Å²) < 4.78 is 58.6. The Balaban J connectivity index is 3.23. The maximum absolute atomic E-state index is 12.7. The normalized spacial score (nSPS) is 11.8. The SMILES string of the molecule is N#CCN(CC#N)S(=O)(=O)c1ccc(S(=O)(=O)F)cc1. The lowest BCUT2D eigenvalue weighted by atomic mass is 10.4. The molecule has 0 aliphatic carbocycles. The molecule has 0 fully saturated rings. The van der Waals surface area contributed by atoms with Crippen LogP contribution in [0.2, 0.25) is 0 Å².